The molecule has 0 radical (unpaired) electrons. The van der Waals surface area contributed by atoms with Gasteiger partial charge in [-0.15, -0.1) is 0 Å². The molecule has 34 heavy (non-hydrogen) atoms. The Morgan fingerprint density at radius 3 is 2.56 bits per heavy atom. The van der Waals surface area contributed by atoms with Crippen LogP contribution in [-0.2, 0) is 15.5 Å². The Hall–Kier alpha value is -3.34. The molecule has 0 spiro atoms. The molecule has 2 aromatic heterocycles. The lowest BCUT2D eigenvalue weighted by Gasteiger charge is -2.32. The second kappa shape index (κ2) is 9.49. The Morgan fingerprint density at radius 1 is 1.24 bits per heavy atom. The molecule has 11 heteroatoms. The minimum Gasteiger partial charge on any atom is -0.494 e. The van der Waals surface area contributed by atoms with Crippen LogP contribution in [0.3, 0.4) is 0 Å². The molecular weight excluding hydrogens is 459 g/mol. The Bertz CT molecular complexity index is 1320. The topological polar surface area (TPSA) is 129 Å². The zero-order chi connectivity index (χ0) is 24.3. The van der Waals surface area contributed by atoms with Crippen molar-refractivity contribution >= 4 is 15.6 Å². The first kappa shape index (κ1) is 23.8. The van der Waals surface area contributed by atoms with Crippen molar-refractivity contribution in [1.29, 1.82) is 0 Å². The van der Waals surface area contributed by atoms with Crippen molar-refractivity contribution in [1.82, 2.24) is 15.1 Å². The average Bonchev–Trinajstić information content (AvgIpc) is 3.56. The Kier molecular flexibility index (Phi) is 6.65. The van der Waals surface area contributed by atoms with E-state index >= 15 is 0 Å². The van der Waals surface area contributed by atoms with Crippen molar-refractivity contribution in [2.24, 2.45) is 15.1 Å². The largest absolute Gasteiger partial charge is 0.494 e. The fraction of sp³-hybridized carbons (Fsp3) is 0.391. The van der Waals surface area contributed by atoms with Crippen LogP contribution in [0, 0.1) is 5.82 Å². The van der Waals surface area contributed by atoms with Crippen molar-refractivity contribution in [3.05, 3.63) is 48.0 Å². The summed E-state index contributed by atoms with van der Waals surface area (Å²) in [6, 6.07) is 6.18. The molecule has 0 bridgehead atoms. The fourth-order valence-electron chi connectivity index (χ4n) is 4.39. The monoisotopic (exact) mass is 486 g/mol. The number of rotatable bonds is 7. The Balaban J connectivity index is 1.68. The van der Waals surface area contributed by atoms with Crippen molar-refractivity contribution in [2.75, 3.05) is 21.2 Å². The van der Waals surface area contributed by atoms with Gasteiger partial charge in [-0.2, -0.15) is 0 Å². The van der Waals surface area contributed by atoms with Gasteiger partial charge in [-0.25, -0.2) is 22.9 Å². The highest BCUT2D eigenvalue weighted by atomic mass is 32.2. The number of methoxy groups -OCH3 is 1. The maximum atomic E-state index is 14.9. The number of hydrogen-bond acceptors (Lipinski definition) is 8. The molecule has 1 atom stereocenters. The summed E-state index contributed by atoms with van der Waals surface area (Å²) < 4.78 is 43.0. The molecule has 2 heterocycles. The van der Waals surface area contributed by atoms with Gasteiger partial charge < -0.3 is 15.0 Å². The minimum absolute atomic E-state index is 0.0814. The predicted octanol–water partition coefficient (Wildman–Crippen LogP) is 3.84. The molecule has 1 aromatic carbocycles. The van der Waals surface area contributed by atoms with E-state index in [2.05, 4.69) is 24.5 Å². The van der Waals surface area contributed by atoms with Crippen LogP contribution in [0.15, 0.2) is 50.5 Å². The molecule has 1 unspecified atom stereocenters. The molecule has 180 valence electrons. The third-order valence-corrected chi connectivity index (χ3v) is 9.44. The van der Waals surface area contributed by atoms with Crippen molar-refractivity contribution < 1.29 is 17.9 Å². The second-order valence-corrected chi connectivity index (χ2v) is 10.8. The van der Waals surface area contributed by atoms with Crippen LogP contribution in [0.5, 0.6) is 5.75 Å². The van der Waals surface area contributed by atoms with E-state index in [1.54, 1.807) is 25.2 Å². The standard InChI is InChI=1S/C23H27FN6O3S/c1-26-22(25)23(8-4-5-9-23)34(31,27-2)14-16-10-15(6-7-18(16)24)20-11-19(30-33-20)21-28-12-17(32-3)13-29-21/h6-7,10-13H,4-5,8-9,14H2,1-3H3,(H2,25,26). The first-order chi connectivity index (χ1) is 16.4. The average molecular weight is 487 g/mol. The van der Waals surface area contributed by atoms with E-state index in [-0.39, 0.29) is 11.3 Å². The molecule has 3 aromatic rings. The van der Waals surface area contributed by atoms with Gasteiger partial charge in [0.05, 0.1) is 35.0 Å². The van der Waals surface area contributed by atoms with Crippen LogP contribution < -0.4 is 10.5 Å². The van der Waals surface area contributed by atoms with Crippen LogP contribution in [0.1, 0.15) is 31.2 Å². The van der Waals surface area contributed by atoms with E-state index in [4.69, 9.17) is 15.0 Å². The number of halogens is 1. The molecule has 4 rings (SSSR count). The minimum atomic E-state index is -2.95. The predicted molar refractivity (Wildman–Crippen MR) is 128 cm³/mol. The highest BCUT2D eigenvalue weighted by Gasteiger charge is 2.47. The number of benzene rings is 1. The van der Waals surface area contributed by atoms with Crippen LogP contribution >= 0.6 is 0 Å². The normalized spacial score (nSPS) is 17.4. The van der Waals surface area contributed by atoms with Crippen molar-refractivity contribution in [3.63, 3.8) is 0 Å². The van der Waals surface area contributed by atoms with Gasteiger partial charge in [0.25, 0.3) is 0 Å². The number of nitrogens with zero attached hydrogens (tertiary/aromatic N) is 5. The van der Waals surface area contributed by atoms with Gasteiger partial charge in [-0.1, -0.05) is 18.0 Å². The smallest absolute Gasteiger partial charge is 0.181 e. The van der Waals surface area contributed by atoms with Crippen LogP contribution in [0.4, 0.5) is 4.39 Å². The number of ether oxygens (including phenoxy) is 1. The van der Waals surface area contributed by atoms with Crippen LogP contribution in [0.25, 0.3) is 22.8 Å². The molecular formula is C23H27FN6O3S. The van der Waals surface area contributed by atoms with Gasteiger partial charge in [-0.3, -0.25) is 4.99 Å². The SMILES string of the molecule is CN=C(N)C1(S(=O)(Cc2cc(-c3cc(-c4ncc(OC)cn4)no3)ccc2F)=NC)CCCC1. The molecule has 9 nitrogen and oxygen atoms in total. The summed E-state index contributed by atoms with van der Waals surface area (Å²) in [5.41, 5.74) is 7.51. The van der Waals surface area contributed by atoms with Gasteiger partial charge in [0.1, 0.15) is 16.4 Å². The van der Waals surface area contributed by atoms with Gasteiger partial charge >= 0.3 is 0 Å². The maximum Gasteiger partial charge on any atom is 0.181 e. The van der Waals surface area contributed by atoms with Gasteiger partial charge in [-0.05, 0) is 31.0 Å². The summed E-state index contributed by atoms with van der Waals surface area (Å²) in [5.74, 6) is 1.05. The number of hydrogen-bond donors (Lipinski definition) is 1. The van der Waals surface area contributed by atoms with E-state index in [0.29, 0.717) is 47.3 Å². The number of nitrogens with two attached hydrogens (primary N) is 1. The van der Waals surface area contributed by atoms with E-state index in [1.807, 2.05) is 0 Å². The molecule has 1 saturated carbocycles. The lowest BCUT2D eigenvalue weighted by atomic mass is 10.1. The van der Waals surface area contributed by atoms with Gasteiger partial charge in [0.15, 0.2) is 23.0 Å². The van der Waals surface area contributed by atoms with E-state index in [1.165, 1.54) is 32.6 Å². The summed E-state index contributed by atoms with van der Waals surface area (Å²) in [5, 5.41) is 4.03. The van der Waals surface area contributed by atoms with Gasteiger partial charge in [0, 0.05) is 31.3 Å². The quantitative estimate of drug-likeness (QED) is 0.397. The molecule has 1 aliphatic rings. The van der Waals surface area contributed by atoms with E-state index in [9.17, 15) is 8.60 Å². The number of aliphatic imine (C=N–C) groups is 1. The van der Waals surface area contributed by atoms with E-state index in [0.717, 1.165) is 12.8 Å². The Morgan fingerprint density at radius 2 is 1.94 bits per heavy atom. The third-order valence-electron chi connectivity index (χ3n) is 6.31. The van der Waals surface area contributed by atoms with Crippen molar-refractivity contribution in [2.45, 2.75) is 36.2 Å². The molecule has 0 aliphatic heterocycles. The first-order valence-corrected chi connectivity index (χ1v) is 12.5. The molecule has 1 fully saturated rings. The first-order valence-electron chi connectivity index (χ1n) is 10.8. The zero-order valence-electron chi connectivity index (χ0n) is 19.3. The summed E-state index contributed by atoms with van der Waals surface area (Å²) in [6.07, 6.45) is 6.03. The highest BCUT2D eigenvalue weighted by molar-refractivity contribution is 7.95. The van der Waals surface area contributed by atoms with E-state index < -0.39 is 20.3 Å². The Labute approximate surface area is 197 Å². The van der Waals surface area contributed by atoms with Crippen molar-refractivity contribution in [3.8, 4) is 28.6 Å². The van der Waals surface area contributed by atoms with Crippen LogP contribution in [-0.4, -0.2) is 51.1 Å². The highest BCUT2D eigenvalue weighted by Crippen LogP contribution is 2.41. The molecule has 0 saturated heterocycles. The lowest BCUT2D eigenvalue weighted by molar-refractivity contribution is 0.410. The maximum absolute atomic E-state index is 14.9. The van der Waals surface area contributed by atoms with Crippen LogP contribution in [0.2, 0.25) is 0 Å². The summed E-state index contributed by atoms with van der Waals surface area (Å²) in [6.45, 7) is 0. The number of amidine groups is 1. The zero-order valence-corrected chi connectivity index (χ0v) is 20.1. The third kappa shape index (κ3) is 4.15. The fourth-order valence-corrected chi connectivity index (χ4v) is 7.13. The summed E-state index contributed by atoms with van der Waals surface area (Å²) in [7, 11) is 1.67. The lowest BCUT2D eigenvalue weighted by Crippen LogP contribution is -2.48. The molecule has 0 amide bonds. The second-order valence-electron chi connectivity index (χ2n) is 8.11. The molecule has 2 N–H and O–H groups in total. The summed E-state index contributed by atoms with van der Waals surface area (Å²) in [4.78, 5) is 12.6. The molecule has 1 aliphatic carbocycles. The summed E-state index contributed by atoms with van der Waals surface area (Å²) >= 11 is 0. The number of aromatic nitrogens is 3. The van der Waals surface area contributed by atoms with Gasteiger partial charge in [0.2, 0.25) is 0 Å².